The van der Waals surface area contributed by atoms with E-state index in [-0.39, 0.29) is 5.69 Å². The summed E-state index contributed by atoms with van der Waals surface area (Å²) >= 11 is 0. The summed E-state index contributed by atoms with van der Waals surface area (Å²) in [4.78, 5) is 14.8. The van der Waals surface area contributed by atoms with Crippen LogP contribution in [0.15, 0.2) is 52.1 Å². The smallest absolute Gasteiger partial charge is 0.269 e. The molecule has 116 valence electrons. The third kappa shape index (κ3) is 4.62. The maximum absolute atomic E-state index is 10.8. The van der Waals surface area contributed by atoms with Gasteiger partial charge in [-0.2, -0.15) is 0 Å². The van der Waals surface area contributed by atoms with Gasteiger partial charge in [-0.15, -0.1) is 0 Å². The average Bonchev–Trinajstić information content (AvgIpc) is 3.03. The number of benzene rings is 1. The van der Waals surface area contributed by atoms with Gasteiger partial charge in [0, 0.05) is 18.7 Å². The molecule has 0 spiro atoms. The molecule has 0 bridgehead atoms. The summed E-state index contributed by atoms with van der Waals surface area (Å²) < 4.78 is 5.25. The molecule has 0 radical (unpaired) electrons. The highest BCUT2D eigenvalue weighted by molar-refractivity contribution is 5.79. The second-order valence-electron chi connectivity index (χ2n) is 4.56. The molecule has 0 saturated heterocycles. The van der Waals surface area contributed by atoms with Gasteiger partial charge >= 0.3 is 0 Å². The first kappa shape index (κ1) is 15.6. The van der Waals surface area contributed by atoms with Crippen molar-refractivity contribution in [3.05, 3.63) is 64.1 Å². The van der Waals surface area contributed by atoms with Crippen LogP contribution in [0.5, 0.6) is 0 Å². The number of nitro benzene ring substituents is 1. The van der Waals surface area contributed by atoms with E-state index in [9.17, 15) is 10.1 Å². The molecular weight excluding hydrogens is 284 g/mol. The summed E-state index contributed by atoms with van der Waals surface area (Å²) in [6.45, 7) is 3.57. The van der Waals surface area contributed by atoms with Crippen molar-refractivity contribution in [3.63, 3.8) is 0 Å². The van der Waals surface area contributed by atoms with Gasteiger partial charge in [0.05, 0.1) is 24.3 Å². The zero-order valence-electron chi connectivity index (χ0n) is 12.3. The van der Waals surface area contributed by atoms with Crippen LogP contribution in [0, 0.1) is 10.1 Å². The van der Waals surface area contributed by atoms with E-state index in [1.807, 2.05) is 25.1 Å². The summed E-state index contributed by atoms with van der Waals surface area (Å²) in [5, 5.41) is 17.0. The molecule has 2 N–H and O–H groups in total. The fourth-order valence-electron chi connectivity index (χ4n) is 1.86. The average molecular weight is 302 g/mol. The van der Waals surface area contributed by atoms with Crippen LogP contribution in [0.2, 0.25) is 0 Å². The molecule has 7 heteroatoms. The van der Waals surface area contributed by atoms with Crippen molar-refractivity contribution in [2.45, 2.75) is 20.0 Å². The summed E-state index contributed by atoms with van der Waals surface area (Å²) in [7, 11) is 0. The molecule has 0 unspecified atom stereocenters. The summed E-state index contributed by atoms with van der Waals surface area (Å²) in [5.41, 5.74) is 0.852. The highest BCUT2D eigenvalue weighted by Gasteiger charge is 2.05. The second-order valence-corrected chi connectivity index (χ2v) is 4.56. The molecule has 2 rings (SSSR count). The normalized spacial score (nSPS) is 11.2. The first-order chi connectivity index (χ1) is 10.7. The second kappa shape index (κ2) is 7.82. The number of nitro groups is 1. The Hall–Kier alpha value is -2.83. The minimum Gasteiger partial charge on any atom is -0.467 e. The Morgan fingerprint density at radius 2 is 2.18 bits per heavy atom. The van der Waals surface area contributed by atoms with E-state index in [0.29, 0.717) is 19.0 Å². The Labute approximate surface area is 128 Å². The third-order valence-electron chi connectivity index (χ3n) is 2.90. The molecule has 0 atom stereocenters. The molecule has 0 amide bonds. The van der Waals surface area contributed by atoms with Crippen molar-refractivity contribution < 1.29 is 9.34 Å². The van der Waals surface area contributed by atoms with Crippen LogP contribution in [0.4, 0.5) is 5.69 Å². The fraction of sp³-hybridized carbons (Fsp3) is 0.267. The topological polar surface area (TPSA) is 92.7 Å². The zero-order valence-corrected chi connectivity index (χ0v) is 12.3. The maximum Gasteiger partial charge on any atom is 0.269 e. The van der Waals surface area contributed by atoms with Crippen molar-refractivity contribution >= 4 is 11.6 Å². The Morgan fingerprint density at radius 1 is 1.32 bits per heavy atom. The molecule has 0 fully saturated rings. The van der Waals surface area contributed by atoms with Gasteiger partial charge in [-0.1, -0.05) is 12.1 Å². The molecule has 0 saturated carbocycles. The number of rotatable bonds is 6. The molecule has 1 heterocycles. The lowest BCUT2D eigenvalue weighted by atomic mass is 10.2. The van der Waals surface area contributed by atoms with Gasteiger partial charge in [0.1, 0.15) is 5.76 Å². The van der Waals surface area contributed by atoms with Crippen LogP contribution in [0.3, 0.4) is 0 Å². The lowest BCUT2D eigenvalue weighted by Crippen LogP contribution is -2.36. The van der Waals surface area contributed by atoms with Crippen LogP contribution in [-0.4, -0.2) is 17.4 Å². The van der Waals surface area contributed by atoms with Gasteiger partial charge in [-0.3, -0.25) is 10.1 Å². The predicted molar refractivity (Wildman–Crippen MR) is 83.5 cm³/mol. The molecule has 1 aromatic heterocycles. The monoisotopic (exact) mass is 302 g/mol. The Balaban J connectivity index is 1.99. The zero-order chi connectivity index (χ0) is 15.8. The molecule has 0 aliphatic heterocycles. The predicted octanol–water partition coefficient (Wildman–Crippen LogP) is 2.44. The summed E-state index contributed by atoms with van der Waals surface area (Å²) in [6.07, 6.45) is 1.62. The largest absolute Gasteiger partial charge is 0.467 e. The van der Waals surface area contributed by atoms with Gasteiger partial charge in [0.25, 0.3) is 5.69 Å². The van der Waals surface area contributed by atoms with Crippen LogP contribution >= 0.6 is 0 Å². The number of furan rings is 1. The minimum absolute atomic E-state index is 0.0706. The van der Waals surface area contributed by atoms with Crippen molar-refractivity contribution in [1.29, 1.82) is 0 Å². The van der Waals surface area contributed by atoms with Crippen molar-refractivity contribution in [2.75, 3.05) is 6.54 Å². The van der Waals surface area contributed by atoms with Crippen LogP contribution in [0.1, 0.15) is 18.2 Å². The summed E-state index contributed by atoms with van der Waals surface area (Å²) in [6, 6.07) is 10.2. The first-order valence-electron chi connectivity index (χ1n) is 6.97. The van der Waals surface area contributed by atoms with Gasteiger partial charge < -0.3 is 15.1 Å². The maximum atomic E-state index is 10.8. The lowest BCUT2D eigenvalue weighted by molar-refractivity contribution is -0.384. The van der Waals surface area contributed by atoms with Gasteiger partial charge in [0.2, 0.25) is 0 Å². The van der Waals surface area contributed by atoms with Crippen LogP contribution in [0.25, 0.3) is 0 Å². The van der Waals surface area contributed by atoms with Crippen LogP contribution in [-0.2, 0) is 13.1 Å². The highest BCUT2D eigenvalue weighted by atomic mass is 16.6. The van der Waals surface area contributed by atoms with E-state index in [1.54, 1.807) is 12.3 Å². The number of guanidine groups is 1. The van der Waals surface area contributed by atoms with Crippen molar-refractivity contribution in [1.82, 2.24) is 10.6 Å². The molecular formula is C15H18N4O3. The van der Waals surface area contributed by atoms with Crippen LogP contribution < -0.4 is 10.6 Å². The van der Waals surface area contributed by atoms with Crippen molar-refractivity contribution in [2.24, 2.45) is 4.99 Å². The molecule has 2 aromatic rings. The summed E-state index contributed by atoms with van der Waals surface area (Å²) in [5.74, 6) is 1.44. The quantitative estimate of drug-likeness (QED) is 0.370. The number of hydrogen-bond acceptors (Lipinski definition) is 4. The van der Waals surface area contributed by atoms with E-state index in [4.69, 9.17) is 4.42 Å². The number of nitrogens with one attached hydrogen (secondary N) is 2. The Morgan fingerprint density at radius 3 is 2.86 bits per heavy atom. The number of non-ortho nitro benzene ring substituents is 1. The van der Waals surface area contributed by atoms with E-state index < -0.39 is 4.92 Å². The molecule has 22 heavy (non-hydrogen) atoms. The standard InChI is InChI=1S/C15H18N4O3/c1-2-16-15(18-11-14-7-4-8-22-14)17-10-12-5-3-6-13(9-12)19(20)21/h3-9H,2,10-11H2,1H3,(H2,16,17,18). The molecule has 0 aliphatic carbocycles. The number of hydrogen-bond donors (Lipinski definition) is 2. The fourth-order valence-corrected chi connectivity index (χ4v) is 1.86. The first-order valence-corrected chi connectivity index (χ1v) is 6.97. The lowest BCUT2D eigenvalue weighted by Gasteiger charge is -2.10. The number of nitrogens with zero attached hydrogens (tertiary/aromatic N) is 2. The molecule has 1 aromatic carbocycles. The van der Waals surface area contributed by atoms with E-state index in [1.165, 1.54) is 12.1 Å². The number of aliphatic imine (C=N–C) groups is 1. The van der Waals surface area contributed by atoms with E-state index in [2.05, 4.69) is 15.6 Å². The highest BCUT2D eigenvalue weighted by Crippen LogP contribution is 2.13. The Kier molecular flexibility index (Phi) is 5.53. The third-order valence-corrected chi connectivity index (χ3v) is 2.90. The Bertz CT molecular complexity index is 638. The van der Waals surface area contributed by atoms with E-state index >= 15 is 0 Å². The van der Waals surface area contributed by atoms with Gasteiger partial charge in [0.15, 0.2) is 5.96 Å². The van der Waals surface area contributed by atoms with Gasteiger partial charge in [-0.25, -0.2) is 4.99 Å². The minimum atomic E-state index is -0.409. The van der Waals surface area contributed by atoms with Crippen molar-refractivity contribution in [3.8, 4) is 0 Å². The molecule has 0 aliphatic rings. The van der Waals surface area contributed by atoms with Gasteiger partial charge in [-0.05, 0) is 24.6 Å². The van der Waals surface area contributed by atoms with E-state index in [0.717, 1.165) is 17.9 Å². The SMILES string of the molecule is CCNC(=NCc1cccc([N+](=O)[O-])c1)NCc1ccco1. The molecule has 7 nitrogen and oxygen atoms in total.